The molecule has 0 fully saturated rings. The van der Waals surface area contributed by atoms with Crippen molar-refractivity contribution in [1.29, 1.82) is 5.26 Å². The van der Waals surface area contributed by atoms with Crippen molar-refractivity contribution in [2.24, 2.45) is 0 Å². The number of benzene rings is 1. The van der Waals surface area contributed by atoms with Crippen LogP contribution in [-0.2, 0) is 9.53 Å². The fourth-order valence-electron chi connectivity index (χ4n) is 1.27. The summed E-state index contributed by atoms with van der Waals surface area (Å²) in [6.45, 7) is -0.240. The molecule has 100 valence electrons. The number of ether oxygens (including phenoxy) is 1. The highest BCUT2D eigenvalue weighted by Crippen LogP contribution is 2.22. The van der Waals surface area contributed by atoms with Gasteiger partial charge in [0.05, 0.1) is 17.5 Å². The first-order valence-electron chi connectivity index (χ1n) is 5.41. The predicted octanol–water partition coefficient (Wildman–Crippen LogP) is 1.11. The van der Waals surface area contributed by atoms with Gasteiger partial charge in [-0.25, -0.2) is 4.79 Å². The van der Waals surface area contributed by atoms with Gasteiger partial charge < -0.3 is 15.8 Å². The standard InChI is InChI=1S/C12H12ClN3O3/c13-8-3-1-4-9(15)11(8)12(18)19-7-10(17)16-6-2-5-14/h1,3-4H,2,6-7,15H2,(H,16,17). The molecule has 0 saturated heterocycles. The van der Waals surface area contributed by atoms with Gasteiger partial charge in [-0.2, -0.15) is 5.26 Å². The summed E-state index contributed by atoms with van der Waals surface area (Å²) in [4.78, 5) is 23.0. The normalized spacial score (nSPS) is 9.47. The van der Waals surface area contributed by atoms with Crippen LogP contribution in [0.2, 0.25) is 5.02 Å². The second kappa shape index (κ2) is 7.24. The lowest BCUT2D eigenvalue weighted by atomic mass is 10.2. The Morgan fingerprint density at radius 3 is 2.84 bits per heavy atom. The summed E-state index contributed by atoms with van der Waals surface area (Å²) in [5.41, 5.74) is 5.82. The Morgan fingerprint density at radius 1 is 1.47 bits per heavy atom. The number of rotatable bonds is 5. The molecular formula is C12H12ClN3O3. The summed E-state index contributed by atoms with van der Waals surface area (Å²) in [5, 5.41) is 10.9. The third-order valence-corrected chi connectivity index (χ3v) is 2.46. The molecule has 7 heteroatoms. The molecule has 1 aromatic rings. The fourth-order valence-corrected chi connectivity index (χ4v) is 1.53. The number of nitrogen functional groups attached to an aromatic ring is 1. The van der Waals surface area contributed by atoms with Crippen LogP contribution in [0.5, 0.6) is 0 Å². The Bertz CT molecular complexity index is 505. The van der Waals surface area contributed by atoms with E-state index in [-0.39, 0.29) is 29.2 Å². The first kappa shape index (κ1) is 14.8. The molecule has 1 rings (SSSR count). The molecule has 0 bridgehead atoms. The average molecular weight is 282 g/mol. The lowest BCUT2D eigenvalue weighted by Crippen LogP contribution is -2.29. The van der Waals surface area contributed by atoms with Crippen LogP contribution >= 0.6 is 11.6 Å². The number of carbonyl (C=O) groups excluding carboxylic acids is 2. The molecular weight excluding hydrogens is 270 g/mol. The highest BCUT2D eigenvalue weighted by molar-refractivity contribution is 6.34. The maximum Gasteiger partial charge on any atom is 0.342 e. The number of hydrogen-bond donors (Lipinski definition) is 2. The minimum Gasteiger partial charge on any atom is -0.452 e. The third kappa shape index (κ3) is 4.48. The number of hydrogen-bond acceptors (Lipinski definition) is 5. The van der Waals surface area contributed by atoms with Crippen molar-refractivity contribution < 1.29 is 14.3 Å². The SMILES string of the molecule is N#CCCNC(=O)COC(=O)c1c(N)cccc1Cl. The first-order valence-corrected chi connectivity index (χ1v) is 5.78. The van der Waals surface area contributed by atoms with Crippen LogP contribution in [0.3, 0.4) is 0 Å². The second-order valence-electron chi connectivity index (χ2n) is 3.54. The minimum atomic E-state index is -0.765. The van der Waals surface area contributed by atoms with Gasteiger partial charge in [-0.3, -0.25) is 4.79 Å². The van der Waals surface area contributed by atoms with E-state index in [1.54, 1.807) is 6.07 Å². The van der Waals surface area contributed by atoms with E-state index in [2.05, 4.69) is 5.32 Å². The summed E-state index contributed by atoms with van der Waals surface area (Å²) < 4.78 is 4.78. The highest BCUT2D eigenvalue weighted by atomic mass is 35.5. The van der Waals surface area contributed by atoms with Crippen molar-refractivity contribution in [3.05, 3.63) is 28.8 Å². The van der Waals surface area contributed by atoms with E-state index in [9.17, 15) is 9.59 Å². The zero-order chi connectivity index (χ0) is 14.3. The number of halogens is 1. The monoisotopic (exact) mass is 281 g/mol. The Balaban J connectivity index is 2.52. The molecule has 0 aliphatic carbocycles. The number of anilines is 1. The van der Waals surface area contributed by atoms with E-state index in [1.807, 2.05) is 6.07 Å². The summed E-state index contributed by atoms with van der Waals surface area (Å²) in [6, 6.07) is 6.48. The predicted molar refractivity (Wildman–Crippen MR) is 69.4 cm³/mol. The number of nitrogens with one attached hydrogen (secondary N) is 1. The topological polar surface area (TPSA) is 105 Å². The Morgan fingerprint density at radius 2 is 2.21 bits per heavy atom. The van der Waals surface area contributed by atoms with Gasteiger partial charge in [0.25, 0.3) is 5.91 Å². The molecule has 0 radical (unpaired) electrons. The summed E-state index contributed by atoms with van der Waals surface area (Å²) in [5.74, 6) is -1.26. The second-order valence-corrected chi connectivity index (χ2v) is 3.95. The lowest BCUT2D eigenvalue weighted by Gasteiger charge is -2.08. The Hall–Kier alpha value is -2.26. The smallest absolute Gasteiger partial charge is 0.342 e. The Kier molecular flexibility index (Phi) is 5.64. The number of nitrogens with zero attached hydrogens (tertiary/aromatic N) is 1. The van der Waals surface area contributed by atoms with E-state index in [1.165, 1.54) is 12.1 Å². The lowest BCUT2D eigenvalue weighted by molar-refractivity contribution is -0.124. The Labute approximate surface area is 115 Å². The van der Waals surface area contributed by atoms with Gasteiger partial charge in [-0.15, -0.1) is 0 Å². The minimum absolute atomic E-state index is 0.0361. The highest BCUT2D eigenvalue weighted by Gasteiger charge is 2.16. The van der Waals surface area contributed by atoms with Crippen molar-refractivity contribution in [1.82, 2.24) is 5.32 Å². The zero-order valence-corrected chi connectivity index (χ0v) is 10.7. The molecule has 19 heavy (non-hydrogen) atoms. The van der Waals surface area contributed by atoms with Crippen LogP contribution in [0, 0.1) is 11.3 Å². The van der Waals surface area contributed by atoms with Crippen molar-refractivity contribution in [3.63, 3.8) is 0 Å². The molecule has 0 spiro atoms. The van der Waals surface area contributed by atoms with Crippen LogP contribution in [0.4, 0.5) is 5.69 Å². The van der Waals surface area contributed by atoms with Crippen molar-refractivity contribution in [2.75, 3.05) is 18.9 Å². The van der Waals surface area contributed by atoms with Crippen LogP contribution in [0.25, 0.3) is 0 Å². The number of carbonyl (C=O) groups is 2. The fraction of sp³-hybridized carbons (Fsp3) is 0.250. The van der Waals surface area contributed by atoms with E-state index in [0.29, 0.717) is 0 Å². The van der Waals surface area contributed by atoms with E-state index < -0.39 is 18.5 Å². The van der Waals surface area contributed by atoms with Gasteiger partial charge in [0.2, 0.25) is 0 Å². The van der Waals surface area contributed by atoms with Crippen LogP contribution < -0.4 is 11.1 Å². The third-order valence-electron chi connectivity index (χ3n) is 2.14. The van der Waals surface area contributed by atoms with E-state index >= 15 is 0 Å². The summed E-state index contributed by atoms with van der Waals surface area (Å²) in [6.07, 6.45) is 0.192. The first-order chi connectivity index (χ1) is 9.06. The number of nitrogens with two attached hydrogens (primary N) is 1. The molecule has 0 aliphatic rings. The van der Waals surface area contributed by atoms with Gasteiger partial charge in [-0.05, 0) is 12.1 Å². The zero-order valence-electron chi connectivity index (χ0n) is 9.98. The van der Waals surface area contributed by atoms with E-state index in [4.69, 9.17) is 27.3 Å². The molecule has 0 unspecified atom stereocenters. The molecule has 6 nitrogen and oxygen atoms in total. The molecule has 1 aromatic carbocycles. The summed E-state index contributed by atoms with van der Waals surface area (Å²) >= 11 is 5.82. The van der Waals surface area contributed by atoms with Crippen molar-refractivity contribution >= 4 is 29.2 Å². The van der Waals surface area contributed by atoms with Crippen LogP contribution in [0.1, 0.15) is 16.8 Å². The van der Waals surface area contributed by atoms with Gasteiger partial charge in [0.15, 0.2) is 6.61 Å². The van der Waals surface area contributed by atoms with Gasteiger partial charge in [-0.1, -0.05) is 17.7 Å². The average Bonchev–Trinajstić information content (AvgIpc) is 2.36. The van der Waals surface area contributed by atoms with Crippen molar-refractivity contribution in [3.8, 4) is 6.07 Å². The summed E-state index contributed by atoms with van der Waals surface area (Å²) in [7, 11) is 0. The maximum atomic E-state index is 11.7. The van der Waals surface area contributed by atoms with Gasteiger partial charge in [0.1, 0.15) is 5.56 Å². The molecule has 0 heterocycles. The molecule has 0 atom stereocenters. The molecule has 0 aromatic heterocycles. The number of esters is 1. The molecule has 0 aliphatic heterocycles. The van der Waals surface area contributed by atoms with E-state index in [0.717, 1.165) is 0 Å². The maximum absolute atomic E-state index is 11.7. The van der Waals surface area contributed by atoms with Crippen LogP contribution in [0.15, 0.2) is 18.2 Å². The van der Waals surface area contributed by atoms with Crippen molar-refractivity contribution in [2.45, 2.75) is 6.42 Å². The molecule has 0 saturated carbocycles. The largest absolute Gasteiger partial charge is 0.452 e. The van der Waals surface area contributed by atoms with Crippen LogP contribution in [-0.4, -0.2) is 25.0 Å². The quantitative estimate of drug-likeness (QED) is 0.478. The van der Waals surface area contributed by atoms with Gasteiger partial charge >= 0.3 is 5.97 Å². The van der Waals surface area contributed by atoms with Gasteiger partial charge in [0, 0.05) is 12.2 Å². The number of nitriles is 1. The molecule has 3 N–H and O–H groups in total. The number of amides is 1. The molecule has 1 amide bonds.